The number of aliphatic hydroxyl groups is 2. The minimum Gasteiger partial charge on any atom is -0.394 e. The first kappa shape index (κ1) is 20.0. The summed E-state index contributed by atoms with van der Waals surface area (Å²) in [4.78, 5) is 13.3. The van der Waals surface area contributed by atoms with Crippen molar-refractivity contribution in [2.45, 2.75) is 17.9 Å². The first-order valence-electron chi connectivity index (χ1n) is 8.28. The lowest BCUT2D eigenvalue weighted by Crippen LogP contribution is -2.33. The summed E-state index contributed by atoms with van der Waals surface area (Å²) in [5.74, 6) is -0.346. The summed E-state index contributed by atoms with van der Waals surface area (Å²) in [6.07, 6.45) is 2.50. The normalized spacial score (nSPS) is 12.5. The van der Waals surface area contributed by atoms with Crippen molar-refractivity contribution in [3.63, 3.8) is 0 Å². The topological polar surface area (TPSA) is 81.6 Å². The van der Waals surface area contributed by atoms with Crippen LogP contribution in [-0.4, -0.2) is 41.6 Å². The van der Waals surface area contributed by atoms with E-state index in [0.29, 0.717) is 5.70 Å². The second kappa shape index (κ2) is 10.0. The Morgan fingerprint density at radius 3 is 2.38 bits per heavy atom. The summed E-state index contributed by atoms with van der Waals surface area (Å²) >= 11 is 1.67. The lowest BCUT2D eigenvalue weighted by Gasteiger charge is -2.13. The zero-order valence-corrected chi connectivity index (χ0v) is 15.7. The number of thioether (sulfide) groups is 1. The number of amides is 1. The van der Waals surface area contributed by atoms with Crippen molar-refractivity contribution >= 4 is 29.1 Å². The Bertz CT molecular complexity index is 743. The molecule has 2 aromatic carbocycles. The maximum Gasteiger partial charge on any atom is 0.246 e. The van der Waals surface area contributed by atoms with Crippen LogP contribution in [0.1, 0.15) is 11.1 Å². The third-order valence-electron chi connectivity index (χ3n) is 3.73. The van der Waals surface area contributed by atoms with Crippen LogP contribution in [0.3, 0.4) is 0 Å². The van der Waals surface area contributed by atoms with Crippen molar-refractivity contribution in [2.24, 2.45) is 0 Å². The molecule has 0 fully saturated rings. The van der Waals surface area contributed by atoms with E-state index in [2.05, 4.69) is 10.6 Å². The van der Waals surface area contributed by atoms with Gasteiger partial charge in [0.25, 0.3) is 0 Å². The third kappa shape index (κ3) is 6.22. The SMILES string of the molecule is CSc1ccc(N/C(=C\C(=O)NCC(O)CO)c2ccc(C)cc2)cc1. The summed E-state index contributed by atoms with van der Waals surface area (Å²) in [5, 5.41) is 24.1. The summed E-state index contributed by atoms with van der Waals surface area (Å²) in [6.45, 7) is 1.61. The smallest absolute Gasteiger partial charge is 0.246 e. The van der Waals surface area contributed by atoms with Gasteiger partial charge >= 0.3 is 0 Å². The molecule has 1 atom stereocenters. The van der Waals surface area contributed by atoms with E-state index >= 15 is 0 Å². The van der Waals surface area contributed by atoms with E-state index in [9.17, 15) is 9.90 Å². The number of benzene rings is 2. The summed E-state index contributed by atoms with van der Waals surface area (Å²) in [7, 11) is 0. The first-order valence-corrected chi connectivity index (χ1v) is 9.51. The molecule has 4 N–H and O–H groups in total. The van der Waals surface area contributed by atoms with Gasteiger partial charge in [-0.05, 0) is 43.0 Å². The van der Waals surface area contributed by atoms with Gasteiger partial charge in [-0.3, -0.25) is 4.79 Å². The van der Waals surface area contributed by atoms with Gasteiger partial charge in [0.1, 0.15) is 0 Å². The number of hydrogen-bond acceptors (Lipinski definition) is 5. The Morgan fingerprint density at radius 1 is 1.15 bits per heavy atom. The second-order valence-electron chi connectivity index (χ2n) is 5.86. The summed E-state index contributed by atoms with van der Waals surface area (Å²) < 4.78 is 0. The molecule has 0 saturated carbocycles. The minimum absolute atomic E-state index is 0.00453. The molecule has 1 unspecified atom stereocenters. The Kier molecular flexibility index (Phi) is 7.72. The van der Waals surface area contributed by atoms with Crippen LogP contribution < -0.4 is 10.6 Å². The second-order valence-corrected chi connectivity index (χ2v) is 6.74. The molecule has 6 heteroatoms. The number of rotatable bonds is 8. The van der Waals surface area contributed by atoms with Crippen molar-refractivity contribution in [1.29, 1.82) is 0 Å². The molecule has 0 aliphatic rings. The number of carbonyl (C=O) groups excluding carboxylic acids is 1. The van der Waals surface area contributed by atoms with E-state index in [0.717, 1.165) is 21.7 Å². The van der Waals surface area contributed by atoms with Crippen LogP contribution in [0, 0.1) is 6.92 Å². The maximum absolute atomic E-state index is 12.2. The fourth-order valence-electron chi connectivity index (χ4n) is 2.22. The predicted octanol–water partition coefficient (Wildman–Crippen LogP) is 2.64. The first-order chi connectivity index (χ1) is 12.5. The molecule has 0 heterocycles. The molecule has 26 heavy (non-hydrogen) atoms. The van der Waals surface area contributed by atoms with Crippen LogP contribution in [0.4, 0.5) is 5.69 Å². The highest BCUT2D eigenvalue weighted by molar-refractivity contribution is 7.98. The monoisotopic (exact) mass is 372 g/mol. The molecule has 0 bridgehead atoms. The highest BCUT2D eigenvalue weighted by Crippen LogP contribution is 2.22. The quantitative estimate of drug-likeness (QED) is 0.423. The van der Waals surface area contributed by atoms with E-state index in [4.69, 9.17) is 5.11 Å². The molecule has 0 saturated heterocycles. The zero-order chi connectivity index (χ0) is 18.9. The fraction of sp³-hybridized carbons (Fsp3) is 0.250. The molecule has 0 radical (unpaired) electrons. The van der Waals surface area contributed by atoms with E-state index in [-0.39, 0.29) is 12.5 Å². The number of nitrogens with one attached hydrogen (secondary N) is 2. The average molecular weight is 372 g/mol. The largest absolute Gasteiger partial charge is 0.394 e. The molecule has 1 amide bonds. The van der Waals surface area contributed by atoms with Gasteiger partial charge in [0.15, 0.2) is 0 Å². The van der Waals surface area contributed by atoms with E-state index in [1.165, 1.54) is 6.08 Å². The van der Waals surface area contributed by atoms with Crippen molar-refractivity contribution in [3.05, 3.63) is 65.7 Å². The van der Waals surface area contributed by atoms with Gasteiger partial charge in [-0.25, -0.2) is 0 Å². The summed E-state index contributed by atoms with van der Waals surface area (Å²) in [6, 6.07) is 15.8. The van der Waals surface area contributed by atoms with Gasteiger partial charge in [-0.2, -0.15) is 0 Å². The maximum atomic E-state index is 12.2. The van der Waals surface area contributed by atoms with Crippen molar-refractivity contribution in [1.82, 2.24) is 5.32 Å². The number of carbonyl (C=O) groups is 1. The molecule has 2 aromatic rings. The van der Waals surface area contributed by atoms with Gasteiger partial charge in [0.2, 0.25) is 5.91 Å². The molecule has 5 nitrogen and oxygen atoms in total. The van der Waals surface area contributed by atoms with Gasteiger partial charge in [-0.1, -0.05) is 29.8 Å². The molecular weight excluding hydrogens is 348 g/mol. The Morgan fingerprint density at radius 2 is 1.81 bits per heavy atom. The minimum atomic E-state index is -0.970. The molecule has 0 aliphatic carbocycles. The lowest BCUT2D eigenvalue weighted by molar-refractivity contribution is -0.117. The van der Waals surface area contributed by atoms with Crippen LogP contribution in [0.25, 0.3) is 5.70 Å². The predicted molar refractivity (Wildman–Crippen MR) is 107 cm³/mol. The van der Waals surface area contributed by atoms with E-state index in [1.54, 1.807) is 11.8 Å². The average Bonchev–Trinajstić information content (AvgIpc) is 2.66. The summed E-state index contributed by atoms with van der Waals surface area (Å²) in [5.41, 5.74) is 3.53. The highest BCUT2D eigenvalue weighted by atomic mass is 32.2. The van der Waals surface area contributed by atoms with E-state index in [1.807, 2.05) is 61.7 Å². The third-order valence-corrected chi connectivity index (χ3v) is 4.47. The Hall–Kier alpha value is -2.28. The number of aryl methyl sites for hydroxylation is 1. The molecule has 138 valence electrons. The molecule has 0 spiro atoms. The van der Waals surface area contributed by atoms with Crippen molar-refractivity contribution in [2.75, 3.05) is 24.7 Å². The zero-order valence-electron chi connectivity index (χ0n) is 14.9. The molecule has 0 aliphatic heterocycles. The molecule has 0 aromatic heterocycles. The standard InChI is InChI=1S/C20H24N2O3S/c1-14-3-5-15(6-4-14)19(11-20(25)21-12-17(24)13-23)22-16-7-9-18(26-2)10-8-16/h3-11,17,22-24H,12-13H2,1-2H3,(H,21,25)/b19-11-. The number of hydrogen-bond donors (Lipinski definition) is 4. The number of aliphatic hydroxyl groups excluding tert-OH is 2. The van der Waals surface area contributed by atoms with Gasteiger partial charge < -0.3 is 20.8 Å². The molecular formula is C20H24N2O3S. The fourth-order valence-corrected chi connectivity index (χ4v) is 2.63. The van der Waals surface area contributed by atoms with Gasteiger partial charge in [-0.15, -0.1) is 11.8 Å². The van der Waals surface area contributed by atoms with Crippen LogP contribution >= 0.6 is 11.8 Å². The molecule has 2 rings (SSSR count). The number of anilines is 1. The Labute approximate surface area is 158 Å². The van der Waals surface area contributed by atoms with Crippen LogP contribution in [0.2, 0.25) is 0 Å². The van der Waals surface area contributed by atoms with Crippen LogP contribution in [-0.2, 0) is 4.79 Å². The van der Waals surface area contributed by atoms with Crippen molar-refractivity contribution < 1.29 is 15.0 Å². The Balaban J connectivity index is 2.21. The highest BCUT2D eigenvalue weighted by Gasteiger charge is 2.08. The van der Waals surface area contributed by atoms with E-state index < -0.39 is 12.7 Å². The van der Waals surface area contributed by atoms with Gasteiger partial charge in [0, 0.05) is 23.2 Å². The van der Waals surface area contributed by atoms with Gasteiger partial charge in [0.05, 0.1) is 18.4 Å². The lowest BCUT2D eigenvalue weighted by atomic mass is 10.1. The van der Waals surface area contributed by atoms with Crippen LogP contribution in [0.15, 0.2) is 59.5 Å². The van der Waals surface area contributed by atoms with Crippen molar-refractivity contribution in [3.8, 4) is 0 Å². The van der Waals surface area contributed by atoms with Crippen LogP contribution in [0.5, 0.6) is 0 Å².